The molecule has 0 aliphatic rings. The van der Waals surface area contributed by atoms with E-state index in [1.54, 1.807) is 0 Å². The number of hydrogen-bond acceptors (Lipinski definition) is 5. The summed E-state index contributed by atoms with van der Waals surface area (Å²) in [6.07, 6.45) is -0.683. The smallest absolute Gasteiger partial charge is 0.303 e. The minimum atomic E-state index is -1.95. The number of hydrogen-bond donors (Lipinski definition) is 0. The van der Waals surface area contributed by atoms with Crippen LogP contribution in [-0.4, -0.2) is 19.3 Å². The molecule has 1 aromatic heterocycles. The van der Waals surface area contributed by atoms with E-state index < -0.39 is 14.4 Å². The average molecular weight is 478 g/mol. The lowest BCUT2D eigenvalue weighted by Gasteiger charge is -2.36. The van der Waals surface area contributed by atoms with Crippen molar-refractivity contribution in [2.45, 2.75) is 65.1 Å². The molecule has 0 saturated heterocycles. The van der Waals surface area contributed by atoms with Gasteiger partial charge in [0.2, 0.25) is 0 Å². The first-order valence-corrected chi connectivity index (χ1v) is 14.5. The van der Waals surface area contributed by atoms with Crippen molar-refractivity contribution in [3.05, 3.63) is 95.3 Å². The highest BCUT2D eigenvalue weighted by molar-refractivity contribution is 6.74. The van der Waals surface area contributed by atoms with Gasteiger partial charge in [-0.25, -0.2) is 4.98 Å². The van der Waals surface area contributed by atoms with Crippen LogP contribution in [0.4, 0.5) is 0 Å². The van der Waals surface area contributed by atoms with Crippen LogP contribution in [0.1, 0.15) is 56.3 Å². The summed E-state index contributed by atoms with van der Waals surface area (Å²) in [5.41, 5.74) is 3.22. The highest BCUT2D eigenvalue weighted by Crippen LogP contribution is 2.37. The third-order valence-electron chi connectivity index (χ3n) is 6.20. The van der Waals surface area contributed by atoms with Gasteiger partial charge >= 0.3 is 5.97 Å². The predicted molar refractivity (Wildman–Crippen MR) is 137 cm³/mol. The first kappa shape index (κ1) is 25.7. The summed E-state index contributed by atoms with van der Waals surface area (Å²) < 4.78 is 18.3. The van der Waals surface area contributed by atoms with Crippen LogP contribution in [0.25, 0.3) is 0 Å². The molecule has 0 N–H and O–H groups in total. The molecule has 180 valence electrons. The molecule has 0 amide bonds. The molecular weight excluding hydrogens is 442 g/mol. The van der Waals surface area contributed by atoms with Gasteiger partial charge in [0.15, 0.2) is 14.4 Å². The van der Waals surface area contributed by atoms with Crippen molar-refractivity contribution in [2.75, 3.05) is 0 Å². The van der Waals surface area contributed by atoms with Crippen LogP contribution < -0.4 is 4.74 Å². The fourth-order valence-electron chi connectivity index (χ4n) is 3.18. The van der Waals surface area contributed by atoms with Gasteiger partial charge in [-0.2, -0.15) is 0 Å². The number of ether oxygens (including phenoxy) is 2. The monoisotopic (exact) mass is 477 g/mol. The minimum absolute atomic E-state index is 0.0961. The summed E-state index contributed by atoms with van der Waals surface area (Å²) in [5.74, 6) is 0.197. The lowest BCUT2D eigenvalue weighted by atomic mass is 10.0. The number of pyridine rings is 1. The Morgan fingerprint density at radius 2 is 1.53 bits per heavy atom. The largest absolute Gasteiger partial charge is 0.487 e. The molecule has 0 radical (unpaired) electrons. The lowest BCUT2D eigenvalue weighted by molar-refractivity contribution is -0.145. The molecule has 0 bridgehead atoms. The highest BCUT2D eigenvalue weighted by Gasteiger charge is 2.37. The maximum Gasteiger partial charge on any atom is 0.303 e. The van der Waals surface area contributed by atoms with Crippen molar-refractivity contribution in [3.63, 3.8) is 0 Å². The minimum Gasteiger partial charge on any atom is -0.487 e. The normalized spacial score (nSPS) is 12.8. The molecule has 34 heavy (non-hydrogen) atoms. The van der Waals surface area contributed by atoms with Gasteiger partial charge in [-0.05, 0) is 41.4 Å². The zero-order chi connectivity index (χ0) is 24.8. The molecule has 1 unspecified atom stereocenters. The van der Waals surface area contributed by atoms with E-state index in [2.05, 4.69) is 33.9 Å². The van der Waals surface area contributed by atoms with Gasteiger partial charge in [0.05, 0.1) is 12.3 Å². The van der Waals surface area contributed by atoms with Crippen LogP contribution in [0, 0.1) is 0 Å². The molecular formula is C28H35NO4Si. The summed E-state index contributed by atoms with van der Waals surface area (Å²) in [7, 11) is -1.95. The number of nitrogens with zero attached hydrogens (tertiary/aromatic N) is 1. The maximum atomic E-state index is 12.0. The lowest BCUT2D eigenvalue weighted by Crippen LogP contribution is -2.40. The zero-order valence-corrected chi connectivity index (χ0v) is 22.0. The number of benzene rings is 2. The third kappa shape index (κ3) is 6.78. The summed E-state index contributed by atoms with van der Waals surface area (Å²) >= 11 is 0. The summed E-state index contributed by atoms with van der Waals surface area (Å²) in [6.45, 7) is 13.3. The van der Waals surface area contributed by atoms with Gasteiger partial charge in [-0.1, -0.05) is 81.4 Å². The van der Waals surface area contributed by atoms with Crippen LogP contribution >= 0.6 is 0 Å². The Hall–Kier alpha value is -2.96. The van der Waals surface area contributed by atoms with Gasteiger partial charge in [0, 0.05) is 6.92 Å². The van der Waals surface area contributed by atoms with E-state index in [0.717, 1.165) is 16.8 Å². The van der Waals surface area contributed by atoms with Gasteiger partial charge in [-0.3, -0.25) is 4.79 Å². The molecule has 1 heterocycles. The van der Waals surface area contributed by atoms with Crippen LogP contribution in [0.15, 0.2) is 72.8 Å². The standard InChI is InChI=1S/C28H35NO4Si/c1-21(30)33-27(23-15-11-8-12-16-23)26-25(31-19-22-13-9-7-10-14-22)18-17-24(29-26)20-32-34(5,6)28(2,3)4/h7-18,27H,19-20H2,1-6H3. The van der Waals surface area contributed by atoms with Crippen LogP contribution in [-0.2, 0) is 27.2 Å². The number of carbonyl (C=O) groups excluding carboxylic acids is 1. The molecule has 3 aromatic rings. The van der Waals surface area contributed by atoms with Crippen molar-refractivity contribution in [2.24, 2.45) is 0 Å². The third-order valence-corrected chi connectivity index (χ3v) is 10.7. The zero-order valence-electron chi connectivity index (χ0n) is 21.0. The molecule has 2 aromatic carbocycles. The van der Waals surface area contributed by atoms with Crippen molar-refractivity contribution < 1.29 is 18.7 Å². The Labute approximate surface area is 204 Å². The Bertz CT molecular complexity index is 1080. The van der Waals surface area contributed by atoms with Gasteiger partial charge in [0.1, 0.15) is 18.1 Å². The first-order valence-electron chi connectivity index (χ1n) is 11.6. The molecule has 1 atom stereocenters. The predicted octanol–water partition coefficient (Wildman–Crippen LogP) is 6.83. The second kappa shape index (κ2) is 11.0. The molecule has 3 rings (SSSR count). The Balaban J connectivity index is 1.97. The van der Waals surface area contributed by atoms with Crippen molar-refractivity contribution >= 4 is 14.3 Å². The Morgan fingerprint density at radius 3 is 2.12 bits per heavy atom. The molecule has 5 nitrogen and oxygen atoms in total. The Kier molecular flexibility index (Phi) is 8.28. The summed E-state index contributed by atoms with van der Waals surface area (Å²) in [5, 5.41) is 0.0961. The van der Waals surface area contributed by atoms with Crippen molar-refractivity contribution in [1.29, 1.82) is 0 Å². The van der Waals surface area contributed by atoms with E-state index in [4.69, 9.17) is 18.9 Å². The number of aromatic nitrogens is 1. The van der Waals surface area contributed by atoms with Crippen LogP contribution in [0.2, 0.25) is 18.1 Å². The van der Waals surface area contributed by atoms with Gasteiger partial charge < -0.3 is 13.9 Å². The Morgan fingerprint density at radius 1 is 0.912 bits per heavy atom. The topological polar surface area (TPSA) is 57.7 Å². The second-order valence-electron chi connectivity index (χ2n) is 9.91. The highest BCUT2D eigenvalue weighted by atomic mass is 28.4. The number of rotatable bonds is 9. The van der Waals surface area contributed by atoms with Crippen molar-refractivity contribution in [1.82, 2.24) is 4.98 Å². The quantitative estimate of drug-likeness (QED) is 0.250. The maximum absolute atomic E-state index is 12.0. The van der Waals surface area contributed by atoms with Crippen molar-refractivity contribution in [3.8, 4) is 5.75 Å². The van der Waals surface area contributed by atoms with Crippen LogP contribution in [0.3, 0.4) is 0 Å². The second-order valence-corrected chi connectivity index (χ2v) is 14.7. The molecule has 0 fully saturated rings. The number of carbonyl (C=O) groups is 1. The molecule has 0 aliphatic heterocycles. The summed E-state index contributed by atoms with van der Waals surface area (Å²) in [6, 6.07) is 23.4. The number of esters is 1. The SMILES string of the molecule is CC(=O)OC(c1ccccc1)c1nc(CO[Si](C)(C)C(C)(C)C)ccc1OCc1ccccc1. The molecule has 6 heteroatoms. The van der Waals surface area contributed by atoms with Crippen LogP contribution in [0.5, 0.6) is 5.75 Å². The van der Waals surface area contributed by atoms with Gasteiger partial charge in [-0.15, -0.1) is 0 Å². The van der Waals surface area contributed by atoms with E-state index in [1.807, 2.05) is 72.8 Å². The fraction of sp³-hybridized carbons (Fsp3) is 0.357. The first-order chi connectivity index (χ1) is 16.1. The average Bonchev–Trinajstić information content (AvgIpc) is 2.80. The van der Waals surface area contributed by atoms with Gasteiger partial charge in [0.25, 0.3) is 0 Å². The summed E-state index contributed by atoms with van der Waals surface area (Å²) in [4.78, 5) is 16.9. The molecule has 0 aliphatic carbocycles. The van der Waals surface area contributed by atoms with E-state index >= 15 is 0 Å². The molecule has 0 saturated carbocycles. The molecule has 0 spiro atoms. The van der Waals surface area contributed by atoms with E-state index in [9.17, 15) is 4.79 Å². The fourth-order valence-corrected chi connectivity index (χ4v) is 4.12. The van der Waals surface area contributed by atoms with E-state index in [1.165, 1.54) is 6.92 Å². The van der Waals surface area contributed by atoms with E-state index in [0.29, 0.717) is 24.7 Å². The van der Waals surface area contributed by atoms with E-state index in [-0.39, 0.29) is 11.0 Å².